The van der Waals surface area contributed by atoms with E-state index >= 15 is 0 Å². The van der Waals surface area contributed by atoms with Crippen molar-refractivity contribution < 1.29 is 14.6 Å². The molecule has 0 aromatic rings. The van der Waals surface area contributed by atoms with Gasteiger partial charge in [0.05, 0.1) is 12.0 Å². The van der Waals surface area contributed by atoms with Crippen molar-refractivity contribution in [1.82, 2.24) is 5.32 Å². The Kier molecular flexibility index (Phi) is 4.33. The first kappa shape index (κ1) is 13.5. The van der Waals surface area contributed by atoms with Gasteiger partial charge in [-0.2, -0.15) is 0 Å². The molecule has 4 nitrogen and oxygen atoms in total. The van der Waals surface area contributed by atoms with E-state index in [1.807, 2.05) is 13.8 Å². The molecular weight excluding hydrogens is 206 g/mol. The fraction of sp³-hybridized carbons (Fsp3) is 0.917. The number of carbonyl (C=O) groups is 1. The predicted octanol–water partition coefficient (Wildman–Crippen LogP) is 1.22. The molecule has 0 heterocycles. The number of methoxy groups -OCH3 is 1. The molecule has 0 aromatic carbocycles. The van der Waals surface area contributed by atoms with E-state index < -0.39 is 0 Å². The number of amides is 1. The Labute approximate surface area is 97.4 Å². The van der Waals surface area contributed by atoms with Gasteiger partial charge in [0.25, 0.3) is 0 Å². The first-order valence-electron chi connectivity index (χ1n) is 5.90. The molecule has 0 aromatic heterocycles. The summed E-state index contributed by atoms with van der Waals surface area (Å²) in [7, 11) is 1.67. The quantitative estimate of drug-likeness (QED) is 0.720. The zero-order valence-corrected chi connectivity index (χ0v) is 10.5. The Bertz CT molecular complexity index is 241. The van der Waals surface area contributed by atoms with Gasteiger partial charge in [-0.3, -0.25) is 4.79 Å². The Hall–Kier alpha value is -0.610. The molecule has 1 fully saturated rings. The van der Waals surface area contributed by atoms with Crippen LogP contribution in [-0.2, 0) is 9.53 Å². The predicted molar refractivity (Wildman–Crippen MR) is 62.1 cm³/mol. The second kappa shape index (κ2) is 5.15. The number of hydrogen-bond acceptors (Lipinski definition) is 3. The van der Waals surface area contributed by atoms with Crippen LogP contribution in [0.5, 0.6) is 0 Å². The van der Waals surface area contributed by atoms with Crippen molar-refractivity contribution in [1.29, 1.82) is 0 Å². The van der Waals surface area contributed by atoms with Crippen LogP contribution in [0.3, 0.4) is 0 Å². The molecule has 4 heteroatoms. The standard InChI is InChI=1S/C12H23NO3/c1-11(2,7-8-14)13-10(15)9-12(16-3)5-4-6-12/h14H,4-9H2,1-3H3,(H,13,15). The van der Waals surface area contributed by atoms with E-state index in [1.54, 1.807) is 7.11 Å². The molecule has 0 saturated heterocycles. The lowest BCUT2D eigenvalue weighted by molar-refractivity contribution is -0.135. The molecule has 0 aliphatic heterocycles. The summed E-state index contributed by atoms with van der Waals surface area (Å²) >= 11 is 0. The van der Waals surface area contributed by atoms with E-state index in [4.69, 9.17) is 9.84 Å². The van der Waals surface area contributed by atoms with Crippen LogP contribution in [0.2, 0.25) is 0 Å². The average molecular weight is 229 g/mol. The maximum atomic E-state index is 11.8. The van der Waals surface area contributed by atoms with Crippen molar-refractivity contribution in [3.05, 3.63) is 0 Å². The van der Waals surface area contributed by atoms with Gasteiger partial charge in [0.1, 0.15) is 0 Å². The van der Waals surface area contributed by atoms with Crippen molar-refractivity contribution in [2.24, 2.45) is 0 Å². The molecule has 1 saturated carbocycles. The van der Waals surface area contributed by atoms with E-state index in [9.17, 15) is 4.79 Å². The zero-order valence-electron chi connectivity index (χ0n) is 10.5. The van der Waals surface area contributed by atoms with Crippen LogP contribution in [0.1, 0.15) is 46.0 Å². The number of rotatable bonds is 6. The fourth-order valence-electron chi connectivity index (χ4n) is 2.08. The van der Waals surface area contributed by atoms with Gasteiger partial charge in [-0.15, -0.1) is 0 Å². The van der Waals surface area contributed by atoms with Crippen molar-refractivity contribution in [3.63, 3.8) is 0 Å². The molecule has 1 rings (SSSR count). The summed E-state index contributed by atoms with van der Waals surface area (Å²) in [5, 5.41) is 11.8. The number of hydrogen-bond donors (Lipinski definition) is 2. The van der Waals surface area contributed by atoms with E-state index in [0.717, 1.165) is 19.3 Å². The van der Waals surface area contributed by atoms with Gasteiger partial charge in [-0.1, -0.05) is 0 Å². The van der Waals surface area contributed by atoms with Crippen LogP contribution in [0.15, 0.2) is 0 Å². The largest absolute Gasteiger partial charge is 0.396 e. The van der Waals surface area contributed by atoms with E-state index in [2.05, 4.69) is 5.32 Å². The summed E-state index contributed by atoms with van der Waals surface area (Å²) in [6.45, 7) is 3.92. The normalized spacial score (nSPS) is 19.0. The highest BCUT2D eigenvalue weighted by Crippen LogP contribution is 2.38. The second-order valence-corrected chi connectivity index (χ2v) is 5.32. The number of aliphatic hydroxyl groups excluding tert-OH is 1. The van der Waals surface area contributed by atoms with Gasteiger partial charge in [0.2, 0.25) is 5.91 Å². The third-order valence-electron chi connectivity index (χ3n) is 3.40. The molecule has 1 amide bonds. The first-order valence-corrected chi connectivity index (χ1v) is 5.90. The average Bonchev–Trinajstić information content (AvgIpc) is 2.10. The van der Waals surface area contributed by atoms with E-state index in [0.29, 0.717) is 12.8 Å². The molecule has 0 atom stereocenters. The minimum Gasteiger partial charge on any atom is -0.396 e. The topological polar surface area (TPSA) is 58.6 Å². The Balaban J connectivity index is 2.41. The van der Waals surface area contributed by atoms with Crippen LogP contribution in [-0.4, -0.2) is 35.9 Å². The summed E-state index contributed by atoms with van der Waals surface area (Å²) in [5.74, 6) is 0.0139. The molecular formula is C12H23NO3. The molecule has 1 aliphatic rings. The Morgan fingerprint density at radius 1 is 1.50 bits per heavy atom. The van der Waals surface area contributed by atoms with E-state index in [-0.39, 0.29) is 23.7 Å². The van der Waals surface area contributed by atoms with Crippen LogP contribution < -0.4 is 5.32 Å². The summed E-state index contributed by atoms with van der Waals surface area (Å²) in [6.07, 6.45) is 4.08. The number of nitrogens with one attached hydrogen (secondary N) is 1. The Morgan fingerprint density at radius 3 is 2.50 bits per heavy atom. The SMILES string of the molecule is COC1(CC(=O)NC(C)(C)CCO)CCC1. The minimum absolute atomic E-state index is 0.0139. The van der Waals surface area contributed by atoms with Gasteiger partial charge in [-0.05, 0) is 39.5 Å². The number of carbonyl (C=O) groups excluding carboxylic acids is 1. The summed E-state index contributed by atoms with van der Waals surface area (Å²) < 4.78 is 5.41. The van der Waals surface area contributed by atoms with Crippen LogP contribution >= 0.6 is 0 Å². The smallest absolute Gasteiger partial charge is 0.223 e. The lowest BCUT2D eigenvalue weighted by Crippen LogP contribution is -2.49. The second-order valence-electron chi connectivity index (χ2n) is 5.32. The van der Waals surface area contributed by atoms with Crippen molar-refractivity contribution >= 4 is 5.91 Å². The first-order chi connectivity index (χ1) is 7.43. The zero-order chi connectivity index (χ0) is 12.2. The van der Waals surface area contributed by atoms with Gasteiger partial charge >= 0.3 is 0 Å². The summed E-state index contributed by atoms with van der Waals surface area (Å²) in [6, 6.07) is 0. The van der Waals surface area contributed by atoms with Crippen molar-refractivity contribution in [2.75, 3.05) is 13.7 Å². The van der Waals surface area contributed by atoms with Gasteiger partial charge in [0, 0.05) is 19.3 Å². The molecule has 94 valence electrons. The molecule has 16 heavy (non-hydrogen) atoms. The summed E-state index contributed by atoms with van der Waals surface area (Å²) in [4.78, 5) is 11.8. The maximum absolute atomic E-state index is 11.8. The molecule has 0 bridgehead atoms. The van der Waals surface area contributed by atoms with Gasteiger partial charge in [-0.25, -0.2) is 0 Å². The molecule has 0 unspecified atom stereocenters. The lowest BCUT2D eigenvalue weighted by atomic mass is 9.77. The highest BCUT2D eigenvalue weighted by Gasteiger charge is 2.39. The molecule has 2 N–H and O–H groups in total. The molecule has 0 radical (unpaired) electrons. The van der Waals surface area contributed by atoms with Crippen LogP contribution in [0.25, 0.3) is 0 Å². The van der Waals surface area contributed by atoms with Gasteiger partial charge in [0.15, 0.2) is 0 Å². The third-order valence-corrected chi connectivity index (χ3v) is 3.40. The summed E-state index contributed by atoms with van der Waals surface area (Å²) in [5.41, 5.74) is -0.566. The van der Waals surface area contributed by atoms with E-state index in [1.165, 1.54) is 0 Å². The Morgan fingerprint density at radius 2 is 2.12 bits per heavy atom. The number of ether oxygens (including phenoxy) is 1. The van der Waals surface area contributed by atoms with Crippen molar-refractivity contribution in [3.8, 4) is 0 Å². The van der Waals surface area contributed by atoms with Gasteiger partial charge < -0.3 is 15.2 Å². The maximum Gasteiger partial charge on any atom is 0.223 e. The fourth-order valence-corrected chi connectivity index (χ4v) is 2.08. The highest BCUT2D eigenvalue weighted by molar-refractivity contribution is 5.78. The number of aliphatic hydroxyl groups is 1. The van der Waals surface area contributed by atoms with Crippen LogP contribution in [0, 0.1) is 0 Å². The molecule has 0 spiro atoms. The lowest BCUT2D eigenvalue weighted by Gasteiger charge is -2.40. The molecule has 1 aliphatic carbocycles. The minimum atomic E-state index is -0.343. The van der Waals surface area contributed by atoms with Crippen molar-refractivity contribution in [2.45, 2.75) is 57.1 Å². The highest BCUT2D eigenvalue weighted by atomic mass is 16.5. The van der Waals surface area contributed by atoms with Crippen LogP contribution in [0.4, 0.5) is 0 Å². The third kappa shape index (κ3) is 3.46. The monoisotopic (exact) mass is 229 g/mol.